The Labute approximate surface area is 340 Å². The molecule has 0 N–H and O–H groups in total. The molecule has 58 heavy (non-hydrogen) atoms. The van der Waals surface area contributed by atoms with Crippen LogP contribution in [0.5, 0.6) is 0 Å². The van der Waals surface area contributed by atoms with Gasteiger partial charge in [-0.25, -0.2) is 4.98 Å². The standard InChI is InChI=1S/C51H34N6S/c1-3-11-44-42(9-1)43-10-2-4-12-45(43)56(44)50-33-41(34-51(54-50)57-46-13-5-7-15-48(46)58-49-16-8-6-14-47(49)57)55(39-21-17-35(18-22-39)37-25-29-52-30-26-37)40-23-19-36(20-24-40)38-27-31-53-32-28-38/h1-34H. The first-order chi connectivity index (χ1) is 28.8. The molecular formula is C51H34N6S. The normalized spacial score (nSPS) is 12.0. The molecule has 5 heterocycles. The Morgan fingerprint density at radius 2 is 0.828 bits per heavy atom. The van der Waals surface area contributed by atoms with Gasteiger partial charge in [-0.3, -0.25) is 19.4 Å². The molecule has 0 radical (unpaired) electrons. The fourth-order valence-corrected chi connectivity index (χ4v) is 9.17. The van der Waals surface area contributed by atoms with E-state index in [1.165, 1.54) is 20.6 Å². The van der Waals surface area contributed by atoms with Gasteiger partial charge in [0.1, 0.15) is 11.6 Å². The summed E-state index contributed by atoms with van der Waals surface area (Å²) in [7, 11) is 0. The summed E-state index contributed by atoms with van der Waals surface area (Å²) in [6.07, 6.45) is 7.35. The molecule has 0 aliphatic carbocycles. The lowest BCUT2D eigenvalue weighted by Crippen LogP contribution is -2.18. The number of pyridine rings is 3. The summed E-state index contributed by atoms with van der Waals surface area (Å²) < 4.78 is 2.31. The van der Waals surface area contributed by atoms with Crippen LogP contribution in [0.4, 0.5) is 34.3 Å². The van der Waals surface area contributed by atoms with E-state index in [0.29, 0.717) is 0 Å². The SMILES string of the molecule is c1ccc2c(c1)Sc1ccccc1N2c1cc(N(c2ccc(-c3ccncc3)cc2)c2ccc(-c3ccncc3)cc2)cc(-n2c3ccccc3c3ccccc32)n1. The molecule has 10 aromatic rings. The van der Waals surface area contributed by atoms with E-state index in [1.54, 1.807) is 11.8 Å². The molecule has 0 unspecified atom stereocenters. The second-order valence-electron chi connectivity index (χ2n) is 14.2. The van der Waals surface area contributed by atoms with Gasteiger partial charge in [0.15, 0.2) is 0 Å². The number of fused-ring (bicyclic) bond motifs is 5. The van der Waals surface area contributed by atoms with Gasteiger partial charge in [-0.15, -0.1) is 0 Å². The lowest BCUT2D eigenvalue weighted by atomic mass is 10.0. The average Bonchev–Trinajstić information content (AvgIpc) is 3.64. The molecule has 274 valence electrons. The number of nitrogens with zero attached hydrogens (tertiary/aromatic N) is 6. The zero-order valence-corrected chi connectivity index (χ0v) is 32.0. The van der Waals surface area contributed by atoms with Crippen LogP contribution < -0.4 is 9.80 Å². The van der Waals surface area contributed by atoms with Gasteiger partial charge in [-0.2, -0.15) is 0 Å². The molecule has 0 amide bonds. The minimum absolute atomic E-state index is 0.821. The maximum atomic E-state index is 5.62. The van der Waals surface area contributed by atoms with Crippen molar-refractivity contribution >= 4 is 67.8 Å². The maximum absolute atomic E-state index is 5.62. The van der Waals surface area contributed by atoms with Crippen molar-refractivity contribution in [1.29, 1.82) is 0 Å². The highest BCUT2D eigenvalue weighted by atomic mass is 32.2. The van der Waals surface area contributed by atoms with Crippen molar-refractivity contribution in [1.82, 2.24) is 19.5 Å². The third kappa shape index (κ3) is 5.88. The van der Waals surface area contributed by atoms with E-state index in [0.717, 1.165) is 73.4 Å². The Morgan fingerprint density at radius 3 is 1.34 bits per heavy atom. The third-order valence-corrected chi connectivity index (χ3v) is 11.9. The number of rotatable bonds is 7. The second kappa shape index (κ2) is 14.2. The molecule has 0 spiro atoms. The van der Waals surface area contributed by atoms with Gasteiger partial charge < -0.3 is 4.90 Å². The minimum atomic E-state index is 0.821. The zero-order chi connectivity index (χ0) is 38.4. The van der Waals surface area contributed by atoms with Crippen molar-refractivity contribution in [2.24, 2.45) is 0 Å². The number of benzene rings is 6. The Kier molecular flexibility index (Phi) is 8.30. The monoisotopic (exact) mass is 762 g/mol. The Bertz CT molecular complexity index is 2910. The van der Waals surface area contributed by atoms with E-state index in [2.05, 4.69) is 182 Å². The molecule has 1 aliphatic rings. The number of hydrogen-bond acceptors (Lipinski definition) is 6. The van der Waals surface area contributed by atoms with Crippen LogP contribution in [0.2, 0.25) is 0 Å². The predicted octanol–water partition coefficient (Wildman–Crippen LogP) is 13.7. The topological polar surface area (TPSA) is 50.1 Å². The van der Waals surface area contributed by atoms with Crippen LogP contribution in [0.25, 0.3) is 49.9 Å². The molecule has 6 aromatic carbocycles. The van der Waals surface area contributed by atoms with Gasteiger partial charge in [-0.05, 0) is 107 Å². The summed E-state index contributed by atoms with van der Waals surface area (Å²) in [6.45, 7) is 0. The van der Waals surface area contributed by atoms with Crippen molar-refractivity contribution in [3.63, 3.8) is 0 Å². The summed E-state index contributed by atoms with van der Waals surface area (Å²) >= 11 is 1.80. The number of anilines is 6. The molecule has 0 atom stereocenters. The number of hydrogen-bond donors (Lipinski definition) is 0. The van der Waals surface area contributed by atoms with Crippen molar-refractivity contribution in [2.45, 2.75) is 9.79 Å². The molecule has 0 saturated carbocycles. The quantitative estimate of drug-likeness (QED) is 0.161. The van der Waals surface area contributed by atoms with E-state index in [1.807, 2.05) is 49.1 Å². The van der Waals surface area contributed by atoms with Gasteiger partial charge in [-0.1, -0.05) is 96.7 Å². The van der Waals surface area contributed by atoms with Crippen LogP contribution in [-0.2, 0) is 0 Å². The van der Waals surface area contributed by atoms with Crippen LogP contribution in [0.15, 0.2) is 217 Å². The fraction of sp³-hybridized carbons (Fsp3) is 0. The Morgan fingerprint density at radius 1 is 0.397 bits per heavy atom. The van der Waals surface area contributed by atoms with E-state index in [-0.39, 0.29) is 0 Å². The first-order valence-electron chi connectivity index (χ1n) is 19.2. The molecule has 7 heteroatoms. The lowest BCUT2D eigenvalue weighted by molar-refractivity contribution is 1.04. The van der Waals surface area contributed by atoms with Gasteiger partial charge in [0.25, 0.3) is 0 Å². The fourth-order valence-electron chi connectivity index (χ4n) is 8.11. The highest BCUT2D eigenvalue weighted by Crippen LogP contribution is 2.52. The van der Waals surface area contributed by atoms with Gasteiger partial charge >= 0.3 is 0 Å². The minimum Gasteiger partial charge on any atom is -0.310 e. The van der Waals surface area contributed by atoms with Gasteiger partial charge in [0.2, 0.25) is 0 Å². The smallest absolute Gasteiger partial charge is 0.142 e. The van der Waals surface area contributed by atoms with Crippen molar-refractivity contribution in [3.8, 4) is 28.1 Å². The van der Waals surface area contributed by atoms with Crippen molar-refractivity contribution < 1.29 is 0 Å². The van der Waals surface area contributed by atoms with E-state index >= 15 is 0 Å². The van der Waals surface area contributed by atoms with Crippen LogP contribution >= 0.6 is 11.8 Å². The predicted molar refractivity (Wildman–Crippen MR) is 239 cm³/mol. The summed E-state index contributed by atoms with van der Waals surface area (Å²) in [4.78, 5) is 21.1. The van der Waals surface area contributed by atoms with Gasteiger partial charge in [0, 0.05) is 68.9 Å². The average molecular weight is 763 g/mol. The number of aromatic nitrogens is 4. The molecule has 4 aromatic heterocycles. The third-order valence-electron chi connectivity index (χ3n) is 10.8. The summed E-state index contributed by atoms with van der Waals surface area (Å²) in [5, 5.41) is 2.37. The second-order valence-corrected chi connectivity index (χ2v) is 15.3. The summed E-state index contributed by atoms with van der Waals surface area (Å²) in [6, 6.07) is 64.7. The lowest BCUT2D eigenvalue weighted by Gasteiger charge is -2.33. The van der Waals surface area contributed by atoms with Crippen molar-refractivity contribution in [2.75, 3.05) is 9.80 Å². The van der Waals surface area contributed by atoms with Crippen LogP contribution in [-0.4, -0.2) is 19.5 Å². The van der Waals surface area contributed by atoms with Crippen LogP contribution in [0.3, 0.4) is 0 Å². The molecule has 11 rings (SSSR count). The highest BCUT2D eigenvalue weighted by Gasteiger charge is 2.28. The van der Waals surface area contributed by atoms with Crippen LogP contribution in [0, 0.1) is 0 Å². The summed E-state index contributed by atoms with van der Waals surface area (Å²) in [5.41, 5.74) is 11.9. The van der Waals surface area contributed by atoms with Crippen molar-refractivity contribution in [3.05, 3.63) is 207 Å². The van der Waals surface area contributed by atoms with E-state index < -0.39 is 0 Å². The largest absolute Gasteiger partial charge is 0.310 e. The highest BCUT2D eigenvalue weighted by molar-refractivity contribution is 7.99. The van der Waals surface area contributed by atoms with E-state index in [4.69, 9.17) is 4.98 Å². The molecular weight excluding hydrogens is 729 g/mol. The first kappa shape index (κ1) is 33.8. The van der Waals surface area contributed by atoms with Crippen LogP contribution in [0.1, 0.15) is 0 Å². The Hall–Kier alpha value is -7.48. The van der Waals surface area contributed by atoms with Gasteiger partial charge in [0.05, 0.1) is 28.1 Å². The number of para-hydroxylation sites is 4. The zero-order valence-electron chi connectivity index (χ0n) is 31.2. The molecule has 0 fully saturated rings. The molecule has 0 bridgehead atoms. The summed E-state index contributed by atoms with van der Waals surface area (Å²) in [5.74, 6) is 1.64. The maximum Gasteiger partial charge on any atom is 0.142 e. The molecule has 1 aliphatic heterocycles. The molecule has 6 nitrogen and oxygen atoms in total. The first-order valence-corrected chi connectivity index (χ1v) is 20.1. The van der Waals surface area contributed by atoms with E-state index in [9.17, 15) is 0 Å². The molecule has 0 saturated heterocycles. The Balaban J connectivity index is 1.17.